The van der Waals surface area contributed by atoms with E-state index in [-0.39, 0.29) is 11.0 Å². The molecule has 5 nitrogen and oxygen atoms in total. The Hall–Kier alpha value is -0.780. The maximum atomic E-state index is 5.35. The van der Waals surface area contributed by atoms with Crippen molar-refractivity contribution in [2.45, 2.75) is 137 Å². The monoisotopic (exact) mass is 451 g/mol. The van der Waals surface area contributed by atoms with E-state index >= 15 is 0 Å². The van der Waals surface area contributed by atoms with Crippen molar-refractivity contribution in [3.8, 4) is 0 Å². The number of nitrogens with one attached hydrogen (secondary N) is 1. The lowest BCUT2D eigenvalue weighted by molar-refractivity contribution is 0.154. The van der Waals surface area contributed by atoms with E-state index in [0.717, 1.165) is 17.8 Å². The lowest BCUT2D eigenvalue weighted by atomic mass is 9.69. The van der Waals surface area contributed by atoms with Crippen LogP contribution in [0.15, 0.2) is 9.98 Å². The molecule has 3 rings (SSSR count). The molecule has 2 saturated carbocycles. The van der Waals surface area contributed by atoms with Crippen LogP contribution in [0.25, 0.3) is 0 Å². The van der Waals surface area contributed by atoms with Gasteiger partial charge in [-0.15, -0.1) is 0 Å². The van der Waals surface area contributed by atoms with Gasteiger partial charge in [0.2, 0.25) is 0 Å². The maximum absolute atomic E-state index is 5.35. The van der Waals surface area contributed by atoms with Crippen LogP contribution in [0, 0.1) is 23.2 Å². The van der Waals surface area contributed by atoms with E-state index in [0.29, 0.717) is 29.6 Å². The summed E-state index contributed by atoms with van der Waals surface area (Å²) < 4.78 is 0. The van der Waals surface area contributed by atoms with Crippen molar-refractivity contribution in [2.24, 2.45) is 33.2 Å². The van der Waals surface area contributed by atoms with Crippen LogP contribution in [0.1, 0.15) is 113 Å². The van der Waals surface area contributed by atoms with Crippen molar-refractivity contribution in [2.75, 3.05) is 0 Å². The molecule has 5 N–H and O–H groups in total. The Bertz CT molecular complexity index is 615. The summed E-state index contributed by atoms with van der Waals surface area (Å²) in [5.74, 6) is 2.37. The van der Waals surface area contributed by atoms with Gasteiger partial charge in [0.25, 0.3) is 0 Å². The molecule has 0 aromatic carbocycles. The second-order valence-electron chi connectivity index (χ2n) is 12.1. The molecule has 0 aromatic heterocycles. The fourth-order valence-corrected chi connectivity index (χ4v) is 6.61. The predicted molar refractivity (Wildman–Crippen MR) is 139 cm³/mol. The average Bonchev–Trinajstić information content (AvgIpc) is 2.67. The van der Waals surface area contributed by atoms with Gasteiger partial charge in [0.05, 0.1) is 12.1 Å². The SMILES string of the molecule is CC(=NC1CC(C)CC(C)C1)C1CCCC(C(C)=NC2CCCCC2C(C)(C)C)N1.O.O. The largest absolute Gasteiger partial charge is 0.412 e. The third kappa shape index (κ3) is 7.92. The Morgan fingerprint density at radius 3 is 1.81 bits per heavy atom. The molecule has 188 valence electrons. The van der Waals surface area contributed by atoms with Crippen LogP contribution in [0.4, 0.5) is 0 Å². The van der Waals surface area contributed by atoms with Gasteiger partial charge in [-0.1, -0.05) is 47.5 Å². The number of hydrogen-bond acceptors (Lipinski definition) is 3. The highest BCUT2D eigenvalue weighted by Crippen LogP contribution is 2.39. The molecule has 1 aliphatic heterocycles. The summed E-state index contributed by atoms with van der Waals surface area (Å²) >= 11 is 0. The zero-order valence-corrected chi connectivity index (χ0v) is 22.0. The number of aliphatic imine (C=N–C) groups is 2. The smallest absolute Gasteiger partial charge is 0.0532 e. The highest BCUT2D eigenvalue weighted by atomic mass is 16.0. The topological polar surface area (TPSA) is 99.8 Å². The highest BCUT2D eigenvalue weighted by molar-refractivity contribution is 5.91. The van der Waals surface area contributed by atoms with Gasteiger partial charge in [0.15, 0.2) is 0 Å². The third-order valence-electron chi connectivity index (χ3n) is 8.15. The summed E-state index contributed by atoms with van der Waals surface area (Å²) in [4.78, 5) is 10.6. The van der Waals surface area contributed by atoms with Crippen LogP contribution >= 0.6 is 0 Å². The van der Waals surface area contributed by atoms with Gasteiger partial charge < -0.3 is 16.3 Å². The summed E-state index contributed by atoms with van der Waals surface area (Å²) in [5.41, 5.74) is 3.03. The lowest BCUT2D eigenvalue weighted by Crippen LogP contribution is -2.50. The Kier molecular flexibility index (Phi) is 11.5. The van der Waals surface area contributed by atoms with Crippen LogP contribution in [-0.4, -0.2) is 46.5 Å². The first-order chi connectivity index (χ1) is 14.1. The Morgan fingerprint density at radius 1 is 0.719 bits per heavy atom. The van der Waals surface area contributed by atoms with Crippen LogP contribution in [0.2, 0.25) is 0 Å². The molecule has 32 heavy (non-hydrogen) atoms. The Balaban J connectivity index is 0.00000256. The van der Waals surface area contributed by atoms with Crippen molar-refractivity contribution in [1.29, 1.82) is 0 Å². The Morgan fingerprint density at radius 2 is 1.25 bits per heavy atom. The molecule has 6 unspecified atom stereocenters. The lowest BCUT2D eigenvalue weighted by Gasteiger charge is -2.39. The fourth-order valence-electron chi connectivity index (χ4n) is 6.61. The molecule has 6 atom stereocenters. The van der Waals surface area contributed by atoms with Gasteiger partial charge in [-0.2, -0.15) is 0 Å². The molecule has 0 aromatic rings. The van der Waals surface area contributed by atoms with E-state index in [2.05, 4.69) is 53.8 Å². The first-order valence-corrected chi connectivity index (χ1v) is 13.0. The van der Waals surface area contributed by atoms with Gasteiger partial charge >= 0.3 is 0 Å². The number of nitrogens with zero attached hydrogens (tertiary/aromatic N) is 2. The van der Waals surface area contributed by atoms with Gasteiger partial charge in [-0.25, -0.2) is 0 Å². The van der Waals surface area contributed by atoms with E-state index in [1.165, 1.54) is 75.6 Å². The number of hydrogen-bond donors (Lipinski definition) is 1. The van der Waals surface area contributed by atoms with Crippen molar-refractivity contribution < 1.29 is 11.0 Å². The van der Waals surface area contributed by atoms with Gasteiger partial charge in [0.1, 0.15) is 0 Å². The van der Waals surface area contributed by atoms with Gasteiger partial charge in [0, 0.05) is 23.5 Å². The second kappa shape index (κ2) is 12.6. The number of rotatable bonds is 4. The highest BCUT2D eigenvalue weighted by Gasteiger charge is 2.35. The minimum Gasteiger partial charge on any atom is -0.412 e. The van der Waals surface area contributed by atoms with Crippen LogP contribution < -0.4 is 5.32 Å². The van der Waals surface area contributed by atoms with E-state index in [1.54, 1.807) is 0 Å². The van der Waals surface area contributed by atoms with Crippen molar-refractivity contribution >= 4 is 11.4 Å². The molecule has 0 spiro atoms. The second-order valence-corrected chi connectivity index (χ2v) is 12.1. The standard InChI is InChI=1S/C27H49N3.2H2O/c1-18-15-19(2)17-22(16-18)28-20(3)24-13-10-14-25(30-24)21(4)29-26-12-9-8-11-23(26)27(5,6)7;;/h18-19,22-26,30H,8-17H2,1-7H3;2*1H2. The molecule has 0 radical (unpaired) electrons. The molecule has 3 fully saturated rings. The average molecular weight is 452 g/mol. The third-order valence-corrected chi connectivity index (χ3v) is 8.15. The maximum Gasteiger partial charge on any atom is 0.0532 e. The minimum absolute atomic E-state index is 0. The first-order valence-electron chi connectivity index (χ1n) is 13.0. The summed E-state index contributed by atoms with van der Waals surface area (Å²) in [7, 11) is 0. The molecule has 5 heteroatoms. The van der Waals surface area contributed by atoms with Crippen molar-refractivity contribution in [3.05, 3.63) is 0 Å². The van der Waals surface area contributed by atoms with Gasteiger partial charge in [-0.3, -0.25) is 9.98 Å². The van der Waals surface area contributed by atoms with E-state index < -0.39 is 0 Å². The molecule has 1 saturated heterocycles. The van der Waals surface area contributed by atoms with Crippen LogP contribution in [-0.2, 0) is 0 Å². The zero-order chi connectivity index (χ0) is 21.9. The summed E-state index contributed by atoms with van der Waals surface area (Å²) in [6.07, 6.45) is 13.0. The van der Waals surface area contributed by atoms with Crippen LogP contribution in [0.5, 0.6) is 0 Å². The van der Waals surface area contributed by atoms with E-state index in [4.69, 9.17) is 9.98 Å². The summed E-state index contributed by atoms with van der Waals surface area (Å²) in [6.45, 7) is 16.6. The fraction of sp³-hybridized carbons (Fsp3) is 0.926. The Labute approximate surface area is 198 Å². The molecule has 0 bridgehead atoms. The molecular formula is C27H53N3O2. The molecular weight excluding hydrogens is 398 g/mol. The quantitative estimate of drug-likeness (QED) is 0.584. The van der Waals surface area contributed by atoms with E-state index in [1.807, 2.05) is 0 Å². The molecule has 2 aliphatic carbocycles. The summed E-state index contributed by atoms with van der Waals surface area (Å²) in [5, 5.41) is 3.95. The zero-order valence-electron chi connectivity index (χ0n) is 22.0. The first kappa shape index (κ1) is 29.3. The minimum atomic E-state index is 0. The predicted octanol–water partition coefficient (Wildman–Crippen LogP) is 5.20. The normalized spacial score (nSPS) is 37.3. The molecule has 1 heterocycles. The van der Waals surface area contributed by atoms with Crippen molar-refractivity contribution in [3.63, 3.8) is 0 Å². The van der Waals surface area contributed by atoms with E-state index in [9.17, 15) is 0 Å². The molecule has 3 aliphatic rings. The summed E-state index contributed by atoms with van der Waals surface area (Å²) in [6, 6.07) is 1.92. The number of piperidine rings is 1. The van der Waals surface area contributed by atoms with Gasteiger partial charge in [-0.05, 0) is 88.4 Å². The van der Waals surface area contributed by atoms with Crippen LogP contribution in [0.3, 0.4) is 0 Å². The van der Waals surface area contributed by atoms with Crippen molar-refractivity contribution in [1.82, 2.24) is 5.32 Å². The molecule has 0 amide bonds.